The van der Waals surface area contributed by atoms with Crippen LogP contribution in [0.25, 0.3) is 6.08 Å². The van der Waals surface area contributed by atoms with E-state index in [1.807, 2.05) is 0 Å². The van der Waals surface area contributed by atoms with Gasteiger partial charge in [0.1, 0.15) is 18.1 Å². The molecular formula is C22H14Cl2NO5-. The largest absolute Gasteiger partial charge is 0.733 e. The second-order valence-electron chi connectivity index (χ2n) is 6.46. The van der Waals surface area contributed by atoms with Crippen molar-refractivity contribution in [3.05, 3.63) is 98.4 Å². The SMILES string of the molecule is O=C1C(=Cc2c(Cl)cccc2Cl)Oc2cc(OCc3ccc(N([O-])O)cc3)ccc21. The van der Waals surface area contributed by atoms with Crippen molar-refractivity contribution >= 4 is 40.7 Å². The van der Waals surface area contributed by atoms with E-state index in [0.29, 0.717) is 32.7 Å². The molecule has 0 aromatic heterocycles. The van der Waals surface area contributed by atoms with Gasteiger partial charge in [0.15, 0.2) is 5.76 Å². The van der Waals surface area contributed by atoms with Gasteiger partial charge in [-0.25, -0.2) is 0 Å². The van der Waals surface area contributed by atoms with Crippen molar-refractivity contribution in [1.82, 2.24) is 0 Å². The molecule has 0 saturated heterocycles. The van der Waals surface area contributed by atoms with E-state index in [-0.39, 0.29) is 29.1 Å². The highest BCUT2D eigenvalue weighted by atomic mass is 35.5. The number of ketones is 1. The number of halogens is 2. The normalized spacial score (nSPS) is 13.9. The Bertz CT molecular complexity index is 1120. The van der Waals surface area contributed by atoms with E-state index in [4.69, 9.17) is 37.9 Å². The van der Waals surface area contributed by atoms with Gasteiger partial charge in [-0.3, -0.25) is 10.0 Å². The number of Topliss-reactive ketones (excluding diaryl/α,β-unsaturated/α-hetero) is 1. The Kier molecular flexibility index (Phi) is 5.65. The van der Waals surface area contributed by atoms with Gasteiger partial charge in [-0.2, -0.15) is 0 Å². The van der Waals surface area contributed by atoms with Gasteiger partial charge < -0.3 is 19.9 Å². The summed E-state index contributed by atoms with van der Waals surface area (Å²) in [6, 6.07) is 16.3. The van der Waals surface area contributed by atoms with Crippen molar-refractivity contribution in [2.45, 2.75) is 6.61 Å². The standard InChI is InChI=1S/C22H14Cl2NO5/c23-18-2-1-3-19(24)17(18)11-21-22(26)16-9-8-15(10-20(16)30-21)29-12-13-4-6-14(7-5-13)25(27)28/h1-11,27H,12H2/q-1. The lowest BCUT2D eigenvalue weighted by molar-refractivity contribution is 0.101. The number of carbonyl (C=O) groups is 1. The Balaban J connectivity index is 1.50. The second-order valence-corrected chi connectivity index (χ2v) is 7.28. The van der Waals surface area contributed by atoms with Crippen LogP contribution in [-0.4, -0.2) is 11.0 Å². The second kappa shape index (κ2) is 8.38. The summed E-state index contributed by atoms with van der Waals surface area (Å²) in [5, 5.41) is 20.3. The topological polar surface area (TPSA) is 82.1 Å². The minimum Gasteiger partial charge on any atom is -0.733 e. The molecule has 30 heavy (non-hydrogen) atoms. The molecule has 0 saturated carbocycles. The van der Waals surface area contributed by atoms with Crippen LogP contribution < -0.4 is 14.7 Å². The molecule has 0 unspecified atom stereocenters. The molecule has 4 rings (SSSR count). The van der Waals surface area contributed by atoms with Gasteiger partial charge in [-0.15, -0.1) is 0 Å². The van der Waals surface area contributed by atoms with Crippen LogP contribution in [-0.2, 0) is 6.61 Å². The van der Waals surface area contributed by atoms with Crippen LogP contribution in [0.1, 0.15) is 21.5 Å². The molecule has 1 aliphatic heterocycles. The first kappa shape index (κ1) is 20.3. The molecule has 152 valence electrons. The van der Waals surface area contributed by atoms with Crippen molar-refractivity contribution < 1.29 is 19.5 Å². The van der Waals surface area contributed by atoms with E-state index >= 15 is 0 Å². The third-order valence-corrected chi connectivity index (χ3v) is 5.14. The molecule has 0 radical (unpaired) electrons. The predicted octanol–water partition coefficient (Wildman–Crippen LogP) is 5.88. The highest BCUT2D eigenvalue weighted by Gasteiger charge is 2.28. The van der Waals surface area contributed by atoms with Gasteiger partial charge in [-0.1, -0.05) is 41.4 Å². The fraction of sp³-hybridized carbons (Fsp3) is 0.0455. The maximum Gasteiger partial charge on any atom is 0.231 e. The molecule has 0 fully saturated rings. The van der Waals surface area contributed by atoms with Crippen LogP contribution in [0.5, 0.6) is 11.5 Å². The van der Waals surface area contributed by atoms with Gasteiger partial charge in [0.25, 0.3) is 0 Å². The van der Waals surface area contributed by atoms with Crippen molar-refractivity contribution in [2.24, 2.45) is 0 Å². The van der Waals surface area contributed by atoms with Crippen molar-refractivity contribution in [3.8, 4) is 11.5 Å². The third-order valence-electron chi connectivity index (χ3n) is 4.48. The highest BCUT2D eigenvalue weighted by Crippen LogP contribution is 2.36. The van der Waals surface area contributed by atoms with Crippen LogP contribution >= 0.6 is 23.2 Å². The molecule has 1 heterocycles. The molecule has 3 aromatic carbocycles. The molecular weight excluding hydrogens is 429 g/mol. The molecule has 8 heteroatoms. The summed E-state index contributed by atoms with van der Waals surface area (Å²) < 4.78 is 11.5. The number of nitrogens with zero attached hydrogens (tertiary/aromatic N) is 1. The van der Waals surface area contributed by atoms with E-state index in [9.17, 15) is 10.0 Å². The van der Waals surface area contributed by atoms with Crippen LogP contribution in [0, 0.1) is 5.21 Å². The Morgan fingerprint density at radius 1 is 1.07 bits per heavy atom. The Hall–Kier alpha value is -3.03. The summed E-state index contributed by atoms with van der Waals surface area (Å²) in [5.41, 5.74) is 1.85. The third kappa shape index (κ3) is 4.13. The summed E-state index contributed by atoms with van der Waals surface area (Å²) in [7, 11) is 0. The van der Waals surface area contributed by atoms with Gasteiger partial charge >= 0.3 is 0 Å². The number of ether oxygens (including phenoxy) is 2. The van der Waals surface area contributed by atoms with Crippen molar-refractivity contribution in [2.75, 3.05) is 5.23 Å². The molecule has 6 nitrogen and oxygen atoms in total. The quantitative estimate of drug-likeness (QED) is 0.392. The molecule has 0 amide bonds. The summed E-state index contributed by atoms with van der Waals surface area (Å²) in [5.74, 6) is 0.744. The number of carbonyl (C=O) groups excluding carboxylic acids is 1. The number of hydrogen-bond acceptors (Lipinski definition) is 6. The number of anilines is 1. The fourth-order valence-corrected chi connectivity index (χ4v) is 3.43. The maximum atomic E-state index is 12.6. The van der Waals surface area contributed by atoms with Gasteiger partial charge in [0.05, 0.1) is 11.3 Å². The lowest BCUT2D eigenvalue weighted by atomic mass is 10.1. The summed E-state index contributed by atoms with van der Waals surface area (Å²) in [6.07, 6.45) is 1.52. The van der Waals surface area contributed by atoms with Gasteiger partial charge in [-0.05, 0) is 48.0 Å². The van der Waals surface area contributed by atoms with Gasteiger partial charge in [0.2, 0.25) is 5.78 Å². The first-order valence-electron chi connectivity index (χ1n) is 8.82. The summed E-state index contributed by atoms with van der Waals surface area (Å²) in [6.45, 7) is 0.231. The zero-order chi connectivity index (χ0) is 21.3. The number of fused-ring (bicyclic) bond motifs is 1. The van der Waals surface area contributed by atoms with E-state index < -0.39 is 0 Å². The van der Waals surface area contributed by atoms with E-state index in [1.165, 1.54) is 18.2 Å². The number of allylic oxidation sites excluding steroid dienone is 1. The number of hydrogen-bond donors (Lipinski definition) is 1. The zero-order valence-electron chi connectivity index (χ0n) is 15.3. The number of rotatable bonds is 5. The first-order valence-corrected chi connectivity index (χ1v) is 9.58. The van der Waals surface area contributed by atoms with Crippen LogP contribution in [0.15, 0.2) is 66.4 Å². The average Bonchev–Trinajstić information content (AvgIpc) is 3.04. The Labute approximate surface area is 182 Å². The van der Waals surface area contributed by atoms with E-state index in [1.54, 1.807) is 48.5 Å². The summed E-state index contributed by atoms with van der Waals surface area (Å²) >= 11 is 12.3. The smallest absolute Gasteiger partial charge is 0.231 e. The van der Waals surface area contributed by atoms with Crippen LogP contribution in [0.4, 0.5) is 5.69 Å². The molecule has 0 atom stereocenters. The molecule has 0 spiro atoms. The van der Waals surface area contributed by atoms with Crippen LogP contribution in [0.2, 0.25) is 10.0 Å². The van der Waals surface area contributed by atoms with E-state index in [2.05, 4.69) is 0 Å². The highest BCUT2D eigenvalue weighted by molar-refractivity contribution is 6.37. The Morgan fingerprint density at radius 3 is 2.43 bits per heavy atom. The minimum absolute atomic E-state index is 0.124. The lowest BCUT2D eigenvalue weighted by Gasteiger charge is -2.21. The van der Waals surface area contributed by atoms with Crippen LogP contribution in [0.3, 0.4) is 0 Å². The monoisotopic (exact) mass is 442 g/mol. The average molecular weight is 443 g/mol. The lowest BCUT2D eigenvalue weighted by Crippen LogP contribution is -2.06. The van der Waals surface area contributed by atoms with Crippen molar-refractivity contribution in [1.29, 1.82) is 0 Å². The molecule has 1 N–H and O–H groups in total. The summed E-state index contributed by atoms with van der Waals surface area (Å²) in [4.78, 5) is 12.6. The molecule has 0 bridgehead atoms. The molecule has 3 aromatic rings. The molecule has 1 aliphatic rings. The maximum absolute atomic E-state index is 12.6. The van der Waals surface area contributed by atoms with E-state index in [0.717, 1.165) is 5.56 Å². The van der Waals surface area contributed by atoms with Crippen molar-refractivity contribution in [3.63, 3.8) is 0 Å². The first-order chi connectivity index (χ1) is 14.4. The molecule has 0 aliphatic carbocycles. The number of benzene rings is 3. The minimum atomic E-state index is -0.269. The Morgan fingerprint density at radius 2 is 1.77 bits per heavy atom. The van der Waals surface area contributed by atoms with Gasteiger partial charge in [0, 0.05) is 21.7 Å². The fourth-order valence-electron chi connectivity index (χ4n) is 2.92. The predicted molar refractivity (Wildman–Crippen MR) is 114 cm³/mol. The zero-order valence-corrected chi connectivity index (χ0v) is 16.9.